The molecule has 3 rings (SSSR count). The van der Waals surface area contributed by atoms with Crippen LogP contribution in [-0.4, -0.2) is 17.5 Å². The molecule has 0 bridgehead atoms. The lowest BCUT2D eigenvalue weighted by Gasteiger charge is -2.04. The number of anilines is 1. The van der Waals surface area contributed by atoms with Crippen molar-refractivity contribution in [2.24, 2.45) is 0 Å². The average Bonchev–Trinajstić information content (AvgIpc) is 2.90. The molecule has 1 heterocycles. The normalized spacial score (nSPS) is 10.5. The molecule has 1 amide bonds. The summed E-state index contributed by atoms with van der Waals surface area (Å²) in [7, 11) is 0. The number of fused-ring (bicyclic) bond motifs is 1. The summed E-state index contributed by atoms with van der Waals surface area (Å²) < 4.78 is 6.47. The number of nitrogens with one attached hydrogen (secondary N) is 1. The topological polar surface area (TPSA) is 51.2 Å². The van der Waals surface area contributed by atoms with Crippen LogP contribution < -0.4 is 10.1 Å². The van der Waals surface area contributed by atoms with Gasteiger partial charge in [0.25, 0.3) is 5.91 Å². The van der Waals surface area contributed by atoms with Gasteiger partial charge in [0.1, 0.15) is 5.75 Å². The van der Waals surface area contributed by atoms with Crippen LogP contribution in [0.25, 0.3) is 10.2 Å². The van der Waals surface area contributed by atoms with E-state index in [1.54, 1.807) is 0 Å². The number of hydrogen-bond donors (Lipinski definition) is 1. The van der Waals surface area contributed by atoms with Crippen molar-refractivity contribution in [1.82, 2.24) is 4.98 Å². The molecule has 3 aromatic rings. The second-order valence-electron chi connectivity index (χ2n) is 4.59. The number of aromatic nitrogens is 1. The lowest BCUT2D eigenvalue weighted by atomic mass is 10.2. The summed E-state index contributed by atoms with van der Waals surface area (Å²) in [5, 5.41) is 3.37. The highest BCUT2D eigenvalue weighted by molar-refractivity contribution is 7.22. The van der Waals surface area contributed by atoms with E-state index in [1.165, 1.54) is 11.3 Å². The standard InChI is InChI=1S/C16H14N2O2S/c1-11-6-5-9-13-15(11)18-16(21-13)17-14(19)10-20-12-7-3-2-4-8-12/h2-9H,10H2,1H3,(H,17,18,19). The van der Waals surface area contributed by atoms with Gasteiger partial charge in [0.15, 0.2) is 11.7 Å². The Hall–Kier alpha value is -2.40. The van der Waals surface area contributed by atoms with Gasteiger partial charge in [-0.25, -0.2) is 4.98 Å². The Morgan fingerprint density at radius 3 is 2.76 bits per heavy atom. The maximum absolute atomic E-state index is 11.9. The zero-order chi connectivity index (χ0) is 14.7. The number of carbonyl (C=O) groups is 1. The minimum Gasteiger partial charge on any atom is -0.484 e. The summed E-state index contributed by atoms with van der Waals surface area (Å²) in [6.45, 7) is 1.98. The maximum Gasteiger partial charge on any atom is 0.264 e. The van der Waals surface area contributed by atoms with Crippen LogP contribution in [0.3, 0.4) is 0 Å². The molecule has 0 radical (unpaired) electrons. The molecule has 5 heteroatoms. The third kappa shape index (κ3) is 3.20. The molecule has 0 aliphatic heterocycles. The van der Waals surface area contributed by atoms with Gasteiger partial charge in [-0.1, -0.05) is 41.7 Å². The molecule has 0 spiro atoms. The van der Waals surface area contributed by atoms with Crippen LogP contribution in [0.5, 0.6) is 5.75 Å². The van der Waals surface area contributed by atoms with Crippen LogP contribution in [0.4, 0.5) is 5.13 Å². The number of thiazole rings is 1. The first-order valence-electron chi connectivity index (χ1n) is 6.56. The monoisotopic (exact) mass is 298 g/mol. The van der Waals surface area contributed by atoms with Crippen molar-refractivity contribution in [1.29, 1.82) is 0 Å². The second kappa shape index (κ2) is 5.93. The number of para-hydroxylation sites is 2. The van der Waals surface area contributed by atoms with Crippen molar-refractivity contribution in [2.75, 3.05) is 11.9 Å². The predicted octanol–water partition coefficient (Wildman–Crippen LogP) is 3.62. The number of ether oxygens (including phenoxy) is 1. The summed E-state index contributed by atoms with van der Waals surface area (Å²) in [6.07, 6.45) is 0. The minimum absolute atomic E-state index is 0.0288. The lowest BCUT2D eigenvalue weighted by molar-refractivity contribution is -0.118. The number of aryl methyl sites for hydroxylation is 1. The molecular weight excluding hydrogens is 284 g/mol. The highest BCUT2D eigenvalue weighted by atomic mass is 32.1. The molecule has 0 saturated carbocycles. The second-order valence-corrected chi connectivity index (χ2v) is 5.62. The van der Waals surface area contributed by atoms with Gasteiger partial charge in [-0.15, -0.1) is 0 Å². The number of nitrogens with zero attached hydrogens (tertiary/aromatic N) is 1. The highest BCUT2D eigenvalue weighted by Gasteiger charge is 2.09. The number of benzene rings is 2. The Bertz CT molecular complexity index is 768. The Balaban J connectivity index is 1.65. The highest BCUT2D eigenvalue weighted by Crippen LogP contribution is 2.27. The van der Waals surface area contributed by atoms with Gasteiger partial charge < -0.3 is 4.74 Å². The summed E-state index contributed by atoms with van der Waals surface area (Å²) in [6, 6.07) is 15.2. The maximum atomic E-state index is 11.9. The third-order valence-corrected chi connectivity index (χ3v) is 3.92. The fourth-order valence-electron chi connectivity index (χ4n) is 1.96. The fourth-order valence-corrected chi connectivity index (χ4v) is 2.92. The fraction of sp³-hybridized carbons (Fsp3) is 0.125. The molecule has 1 N–H and O–H groups in total. The lowest BCUT2D eigenvalue weighted by Crippen LogP contribution is -2.19. The minimum atomic E-state index is -0.212. The van der Waals surface area contributed by atoms with E-state index in [4.69, 9.17) is 4.74 Å². The van der Waals surface area contributed by atoms with E-state index in [9.17, 15) is 4.79 Å². The van der Waals surface area contributed by atoms with Gasteiger partial charge in [0, 0.05) is 0 Å². The van der Waals surface area contributed by atoms with Crippen molar-refractivity contribution >= 4 is 32.6 Å². The molecule has 0 fully saturated rings. The third-order valence-electron chi connectivity index (χ3n) is 2.98. The van der Waals surface area contributed by atoms with Gasteiger partial charge in [-0.3, -0.25) is 10.1 Å². The zero-order valence-corrected chi connectivity index (χ0v) is 12.3. The summed E-state index contributed by atoms with van der Waals surface area (Å²) >= 11 is 1.46. The van der Waals surface area contributed by atoms with Gasteiger partial charge in [-0.2, -0.15) is 0 Å². The van der Waals surface area contributed by atoms with Crippen molar-refractivity contribution in [3.05, 3.63) is 54.1 Å². The molecule has 0 saturated heterocycles. The summed E-state index contributed by atoms with van der Waals surface area (Å²) in [4.78, 5) is 16.3. The molecule has 0 atom stereocenters. The van der Waals surface area contributed by atoms with Crippen molar-refractivity contribution < 1.29 is 9.53 Å². The Morgan fingerprint density at radius 1 is 1.19 bits per heavy atom. The quantitative estimate of drug-likeness (QED) is 0.800. The van der Waals surface area contributed by atoms with Crippen molar-refractivity contribution in [3.8, 4) is 5.75 Å². The Labute approximate surface area is 126 Å². The average molecular weight is 298 g/mol. The van der Waals surface area contributed by atoms with Gasteiger partial charge in [0.05, 0.1) is 10.2 Å². The smallest absolute Gasteiger partial charge is 0.264 e. The molecule has 106 valence electrons. The largest absolute Gasteiger partial charge is 0.484 e. The van der Waals surface area contributed by atoms with E-state index in [0.717, 1.165) is 15.8 Å². The molecule has 2 aromatic carbocycles. The Morgan fingerprint density at radius 2 is 2.00 bits per heavy atom. The van der Waals surface area contributed by atoms with Crippen LogP contribution >= 0.6 is 11.3 Å². The zero-order valence-electron chi connectivity index (χ0n) is 11.5. The molecule has 0 aliphatic carbocycles. The van der Waals surface area contributed by atoms with Crippen LogP contribution in [0.2, 0.25) is 0 Å². The summed E-state index contributed by atoms with van der Waals surface area (Å²) in [5.74, 6) is 0.461. The SMILES string of the molecule is Cc1cccc2sc(NC(=O)COc3ccccc3)nc12. The van der Waals surface area contributed by atoms with Crippen LogP contribution in [0, 0.1) is 6.92 Å². The van der Waals surface area contributed by atoms with Gasteiger partial charge in [-0.05, 0) is 30.7 Å². The molecular formula is C16H14N2O2S. The van der Waals surface area contributed by atoms with Gasteiger partial charge in [0.2, 0.25) is 0 Å². The first-order valence-corrected chi connectivity index (χ1v) is 7.38. The predicted molar refractivity (Wildman–Crippen MR) is 84.9 cm³/mol. The first kappa shape index (κ1) is 13.6. The van der Waals surface area contributed by atoms with Crippen LogP contribution in [0.15, 0.2) is 48.5 Å². The first-order chi connectivity index (χ1) is 10.2. The van der Waals surface area contributed by atoms with Gasteiger partial charge >= 0.3 is 0 Å². The number of amides is 1. The van der Waals surface area contributed by atoms with Crippen LogP contribution in [0.1, 0.15) is 5.56 Å². The number of hydrogen-bond acceptors (Lipinski definition) is 4. The molecule has 4 nitrogen and oxygen atoms in total. The Kier molecular flexibility index (Phi) is 3.83. The van der Waals surface area contributed by atoms with E-state index in [0.29, 0.717) is 10.9 Å². The van der Waals surface area contributed by atoms with E-state index >= 15 is 0 Å². The van der Waals surface area contributed by atoms with Crippen LogP contribution in [-0.2, 0) is 4.79 Å². The molecule has 0 unspecified atom stereocenters. The molecule has 1 aromatic heterocycles. The van der Waals surface area contributed by atoms with Crippen molar-refractivity contribution in [2.45, 2.75) is 6.92 Å². The number of rotatable bonds is 4. The summed E-state index contributed by atoms with van der Waals surface area (Å²) in [5.41, 5.74) is 2.03. The van der Waals surface area contributed by atoms with E-state index in [2.05, 4.69) is 10.3 Å². The number of carbonyl (C=O) groups excluding carboxylic acids is 1. The van der Waals surface area contributed by atoms with E-state index in [1.807, 2.05) is 55.5 Å². The van der Waals surface area contributed by atoms with Crippen molar-refractivity contribution in [3.63, 3.8) is 0 Å². The molecule has 0 aliphatic rings. The van der Waals surface area contributed by atoms with E-state index < -0.39 is 0 Å². The van der Waals surface area contributed by atoms with E-state index in [-0.39, 0.29) is 12.5 Å². The molecule has 21 heavy (non-hydrogen) atoms.